The van der Waals surface area contributed by atoms with E-state index in [0.717, 1.165) is 11.4 Å². The number of nitrogens with zero attached hydrogens (tertiary/aromatic N) is 3. The van der Waals surface area contributed by atoms with Gasteiger partial charge in [0.1, 0.15) is 0 Å². The van der Waals surface area contributed by atoms with Gasteiger partial charge in [-0.2, -0.15) is 0 Å². The third kappa shape index (κ3) is 2.60. The number of nitro groups is 1. The van der Waals surface area contributed by atoms with Crippen LogP contribution in [0.1, 0.15) is 5.69 Å². The zero-order valence-corrected chi connectivity index (χ0v) is 9.33. The maximum atomic E-state index is 10.5. The summed E-state index contributed by atoms with van der Waals surface area (Å²) in [5.41, 5.74) is 1.98. The van der Waals surface area contributed by atoms with Crippen molar-refractivity contribution in [1.82, 2.24) is 9.55 Å². The molecule has 1 aromatic heterocycles. The van der Waals surface area contributed by atoms with Gasteiger partial charge < -0.3 is 9.88 Å². The molecule has 6 heteroatoms. The van der Waals surface area contributed by atoms with E-state index in [1.54, 1.807) is 24.7 Å². The monoisotopic (exact) mass is 232 g/mol. The minimum absolute atomic E-state index is 0.0936. The standard InChI is InChI=1S/C11H12N4O2/c1-14-8-12-6-11(14)7-13-9-2-4-10(5-3-9)15(16)17/h2-6,8,13H,7H2,1H3. The van der Waals surface area contributed by atoms with E-state index in [1.165, 1.54) is 12.1 Å². The third-order valence-electron chi connectivity index (χ3n) is 2.47. The SMILES string of the molecule is Cn1cncc1CNc1ccc([N+](=O)[O-])cc1. The summed E-state index contributed by atoms with van der Waals surface area (Å²) < 4.78 is 1.92. The molecule has 2 aromatic rings. The summed E-state index contributed by atoms with van der Waals surface area (Å²) in [6, 6.07) is 6.33. The lowest BCUT2D eigenvalue weighted by Gasteiger charge is -2.06. The highest BCUT2D eigenvalue weighted by Gasteiger charge is 2.04. The van der Waals surface area contributed by atoms with Gasteiger partial charge in [-0.1, -0.05) is 0 Å². The van der Waals surface area contributed by atoms with Crippen LogP contribution < -0.4 is 5.32 Å². The molecule has 0 bridgehead atoms. The van der Waals surface area contributed by atoms with Crippen molar-refractivity contribution < 1.29 is 4.92 Å². The van der Waals surface area contributed by atoms with Crippen LogP contribution in [-0.2, 0) is 13.6 Å². The Labute approximate surface area is 98.1 Å². The van der Waals surface area contributed by atoms with Crippen LogP contribution in [0.15, 0.2) is 36.8 Å². The second kappa shape index (κ2) is 4.65. The topological polar surface area (TPSA) is 73.0 Å². The molecule has 0 aliphatic heterocycles. The molecule has 0 saturated heterocycles. The molecule has 0 aliphatic rings. The van der Waals surface area contributed by atoms with E-state index in [9.17, 15) is 10.1 Å². The van der Waals surface area contributed by atoms with Gasteiger partial charge in [0.05, 0.1) is 23.5 Å². The molecule has 1 heterocycles. The van der Waals surface area contributed by atoms with Crippen molar-refractivity contribution in [1.29, 1.82) is 0 Å². The maximum Gasteiger partial charge on any atom is 0.269 e. The van der Waals surface area contributed by atoms with Crippen molar-refractivity contribution >= 4 is 11.4 Å². The number of anilines is 1. The summed E-state index contributed by atoms with van der Waals surface area (Å²) in [5, 5.41) is 13.6. The van der Waals surface area contributed by atoms with Gasteiger partial charge in [-0.3, -0.25) is 10.1 Å². The second-order valence-electron chi connectivity index (χ2n) is 3.65. The van der Waals surface area contributed by atoms with Gasteiger partial charge in [-0.25, -0.2) is 4.98 Å². The van der Waals surface area contributed by atoms with Crippen molar-refractivity contribution in [3.05, 3.63) is 52.6 Å². The number of nitro benzene ring substituents is 1. The van der Waals surface area contributed by atoms with Gasteiger partial charge in [0, 0.05) is 31.1 Å². The predicted molar refractivity (Wildman–Crippen MR) is 63.6 cm³/mol. The molecule has 0 fully saturated rings. The number of aryl methyl sites for hydroxylation is 1. The van der Waals surface area contributed by atoms with Crippen LogP contribution in [0.2, 0.25) is 0 Å². The van der Waals surface area contributed by atoms with Gasteiger partial charge in [0.25, 0.3) is 5.69 Å². The molecule has 0 spiro atoms. The van der Waals surface area contributed by atoms with E-state index in [-0.39, 0.29) is 5.69 Å². The minimum atomic E-state index is -0.412. The number of benzene rings is 1. The number of hydrogen-bond donors (Lipinski definition) is 1. The highest BCUT2D eigenvalue weighted by atomic mass is 16.6. The number of rotatable bonds is 4. The minimum Gasteiger partial charge on any atom is -0.379 e. The van der Waals surface area contributed by atoms with Gasteiger partial charge in [0.2, 0.25) is 0 Å². The predicted octanol–water partition coefficient (Wildman–Crippen LogP) is 1.94. The molecular formula is C11H12N4O2. The molecule has 0 unspecified atom stereocenters. The maximum absolute atomic E-state index is 10.5. The first-order valence-corrected chi connectivity index (χ1v) is 5.10. The molecule has 6 nitrogen and oxygen atoms in total. The summed E-state index contributed by atoms with van der Waals surface area (Å²) in [4.78, 5) is 14.1. The van der Waals surface area contributed by atoms with E-state index in [0.29, 0.717) is 6.54 Å². The number of aromatic nitrogens is 2. The van der Waals surface area contributed by atoms with Gasteiger partial charge >= 0.3 is 0 Å². The van der Waals surface area contributed by atoms with E-state index in [4.69, 9.17) is 0 Å². The zero-order chi connectivity index (χ0) is 12.3. The first-order valence-electron chi connectivity index (χ1n) is 5.10. The zero-order valence-electron chi connectivity index (χ0n) is 9.33. The Kier molecular flexibility index (Phi) is 3.04. The summed E-state index contributed by atoms with van der Waals surface area (Å²) in [7, 11) is 1.92. The molecule has 1 aromatic carbocycles. The molecule has 1 N–H and O–H groups in total. The van der Waals surface area contributed by atoms with Crippen LogP contribution in [0.4, 0.5) is 11.4 Å². The molecule has 17 heavy (non-hydrogen) atoms. The smallest absolute Gasteiger partial charge is 0.269 e. The third-order valence-corrected chi connectivity index (χ3v) is 2.47. The largest absolute Gasteiger partial charge is 0.379 e. The summed E-state index contributed by atoms with van der Waals surface area (Å²) in [5.74, 6) is 0. The van der Waals surface area contributed by atoms with Crippen LogP contribution in [0, 0.1) is 10.1 Å². The molecule has 0 amide bonds. The van der Waals surface area contributed by atoms with Crippen LogP contribution in [0.5, 0.6) is 0 Å². The van der Waals surface area contributed by atoms with Crippen LogP contribution in [0.25, 0.3) is 0 Å². The Morgan fingerprint density at radius 2 is 2.12 bits per heavy atom. The number of non-ortho nitro benzene ring substituents is 1. The summed E-state index contributed by atoms with van der Waals surface area (Å²) in [6.07, 6.45) is 3.51. The van der Waals surface area contributed by atoms with E-state index in [1.807, 2.05) is 11.6 Å². The first-order chi connectivity index (χ1) is 8.16. The molecule has 88 valence electrons. The lowest BCUT2D eigenvalue weighted by molar-refractivity contribution is -0.384. The molecule has 0 radical (unpaired) electrons. The van der Waals surface area contributed by atoms with Crippen molar-refractivity contribution in [3.8, 4) is 0 Å². The molecule has 0 saturated carbocycles. The van der Waals surface area contributed by atoms with Crippen molar-refractivity contribution in [2.45, 2.75) is 6.54 Å². The van der Waals surface area contributed by atoms with Gasteiger partial charge in [-0.15, -0.1) is 0 Å². The van der Waals surface area contributed by atoms with Crippen molar-refractivity contribution in [3.63, 3.8) is 0 Å². The average Bonchev–Trinajstić information content (AvgIpc) is 2.73. The van der Waals surface area contributed by atoms with Crippen molar-refractivity contribution in [2.75, 3.05) is 5.32 Å². The van der Waals surface area contributed by atoms with Gasteiger partial charge in [-0.05, 0) is 12.1 Å². The fourth-order valence-electron chi connectivity index (χ4n) is 1.45. The number of imidazole rings is 1. The van der Waals surface area contributed by atoms with Crippen LogP contribution in [0.3, 0.4) is 0 Å². The second-order valence-corrected chi connectivity index (χ2v) is 3.65. The molecular weight excluding hydrogens is 220 g/mol. The Balaban J connectivity index is 2.00. The molecule has 0 aliphatic carbocycles. The lowest BCUT2D eigenvalue weighted by atomic mass is 10.3. The summed E-state index contributed by atoms with van der Waals surface area (Å²) in [6.45, 7) is 0.633. The van der Waals surface area contributed by atoms with Gasteiger partial charge in [0.15, 0.2) is 0 Å². The first kappa shape index (κ1) is 11.1. The van der Waals surface area contributed by atoms with E-state index < -0.39 is 4.92 Å². The average molecular weight is 232 g/mol. The lowest BCUT2D eigenvalue weighted by Crippen LogP contribution is -2.03. The number of hydrogen-bond acceptors (Lipinski definition) is 4. The summed E-state index contributed by atoms with van der Waals surface area (Å²) >= 11 is 0. The quantitative estimate of drug-likeness (QED) is 0.645. The van der Waals surface area contributed by atoms with E-state index in [2.05, 4.69) is 10.3 Å². The Hall–Kier alpha value is -2.37. The highest BCUT2D eigenvalue weighted by molar-refractivity contribution is 5.48. The normalized spacial score (nSPS) is 10.2. The molecule has 0 atom stereocenters. The Morgan fingerprint density at radius 3 is 2.65 bits per heavy atom. The Bertz CT molecular complexity index is 519. The van der Waals surface area contributed by atoms with E-state index >= 15 is 0 Å². The Morgan fingerprint density at radius 1 is 1.41 bits per heavy atom. The number of nitrogens with one attached hydrogen (secondary N) is 1. The van der Waals surface area contributed by atoms with Crippen LogP contribution in [-0.4, -0.2) is 14.5 Å². The van der Waals surface area contributed by atoms with Crippen molar-refractivity contribution in [2.24, 2.45) is 7.05 Å². The fourth-order valence-corrected chi connectivity index (χ4v) is 1.45. The molecule has 2 rings (SSSR count). The fraction of sp³-hybridized carbons (Fsp3) is 0.182. The van der Waals surface area contributed by atoms with Crippen LogP contribution >= 0.6 is 0 Å². The highest BCUT2D eigenvalue weighted by Crippen LogP contribution is 2.15.